The van der Waals surface area contributed by atoms with Gasteiger partial charge in [0.05, 0.1) is 35.2 Å². The van der Waals surface area contributed by atoms with Crippen molar-refractivity contribution in [1.82, 2.24) is 4.57 Å². The highest BCUT2D eigenvalue weighted by Crippen LogP contribution is 2.42. The standard InChI is InChI=1S/C17H19NO5/c1-3-22-14-8-10(16(19)20)7-13-15(14)12(17(21)23-4-2)9-18(13)11-5-6-11/h7-9,11H,3-6H2,1-2H3,(H,19,20). The number of aromatic carboxylic acids is 1. The molecule has 0 radical (unpaired) electrons. The SMILES string of the molecule is CCOC(=O)c1cn(C2CC2)c2cc(C(=O)O)cc(OCC)c12. The minimum absolute atomic E-state index is 0.149. The zero-order valence-corrected chi connectivity index (χ0v) is 13.2. The van der Waals surface area contributed by atoms with E-state index in [4.69, 9.17) is 9.47 Å². The van der Waals surface area contributed by atoms with Gasteiger partial charge in [-0.2, -0.15) is 0 Å². The fourth-order valence-corrected chi connectivity index (χ4v) is 2.76. The van der Waals surface area contributed by atoms with Gasteiger partial charge in [0, 0.05) is 12.2 Å². The molecular formula is C17H19NO5. The van der Waals surface area contributed by atoms with Gasteiger partial charge < -0.3 is 19.1 Å². The summed E-state index contributed by atoms with van der Waals surface area (Å²) in [6.45, 7) is 4.24. The Labute approximate surface area is 133 Å². The molecule has 1 aliphatic rings. The second-order valence-electron chi connectivity index (χ2n) is 5.51. The van der Waals surface area contributed by atoms with E-state index in [0.29, 0.717) is 34.9 Å². The summed E-state index contributed by atoms with van der Waals surface area (Å²) in [6, 6.07) is 3.37. The fraction of sp³-hybridized carbons (Fsp3) is 0.412. The third-order valence-corrected chi connectivity index (χ3v) is 3.88. The molecule has 23 heavy (non-hydrogen) atoms. The number of benzene rings is 1. The number of hydrogen-bond donors (Lipinski definition) is 1. The Bertz CT molecular complexity index is 773. The van der Waals surface area contributed by atoms with Crippen LogP contribution in [0.3, 0.4) is 0 Å². The van der Waals surface area contributed by atoms with Crippen LogP contribution < -0.4 is 4.74 Å². The Morgan fingerprint density at radius 1 is 1.26 bits per heavy atom. The van der Waals surface area contributed by atoms with E-state index < -0.39 is 11.9 Å². The number of aromatic nitrogens is 1. The largest absolute Gasteiger partial charge is 0.493 e. The van der Waals surface area contributed by atoms with Crippen LogP contribution in [-0.2, 0) is 4.74 Å². The number of nitrogens with zero attached hydrogens (tertiary/aromatic N) is 1. The molecule has 6 heteroatoms. The van der Waals surface area contributed by atoms with Crippen molar-refractivity contribution in [2.75, 3.05) is 13.2 Å². The zero-order valence-electron chi connectivity index (χ0n) is 13.2. The summed E-state index contributed by atoms with van der Waals surface area (Å²) < 4.78 is 12.7. The van der Waals surface area contributed by atoms with Crippen LogP contribution in [0.25, 0.3) is 10.9 Å². The van der Waals surface area contributed by atoms with Crippen LogP contribution in [0.1, 0.15) is 53.4 Å². The molecule has 6 nitrogen and oxygen atoms in total. The molecule has 0 bridgehead atoms. The van der Waals surface area contributed by atoms with Crippen molar-refractivity contribution in [1.29, 1.82) is 0 Å². The predicted molar refractivity (Wildman–Crippen MR) is 84.3 cm³/mol. The number of esters is 1. The maximum Gasteiger partial charge on any atom is 0.340 e. The number of carboxylic acids is 1. The highest BCUT2D eigenvalue weighted by atomic mass is 16.5. The van der Waals surface area contributed by atoms with Gasteiger partial charge in [-0.15, -0.1) is 0 Å². The Kier molecular flexibility index (Phi) is 3.98. The van der Waals surface area contributed by atoms with Crippen molar-refractivity contribution >= 4 is 22.8 Å². The number of carboxylic acid groups (broad SMARTS) is 1. The van der Waals surface area contributed by atoms with Crippen LogP contribution in [0.2, 0.25) is 0 Å². The second-order valence-corrected chi connectivity index (χ2v) is 5.51. The molecule has 1 N–H and O–H groups in total. The molecule has 1 aromatic carbocycles. The lowest BCUT2D eigenvalue weighted by Crippen LogP contribution is -2.05. The smallest absolute Gasteiger partial charge is 0.340 e. The molecule has 122 valence electrons. The van der Waals surface area contributed by atoms with E-state index in [1.165, 1.54) is 6.07 Å². The summed E-state index contributed by atoms with van der Waals surface area (Å²) in [5.74, 6) is -1.03. The van der Waals surface area contributed by atoms with Crippen LogP contribution >= 0.6 is 0 Å². The number of carbonyl (C=O) groups excluding carboxylic acids is 1. The first kappa shape index (κ1) is 15.4. The van der Waals surface area contributed by atoms with Crippen molar-refractivity contribution in [2.45, 2.75) is 32.7 Å². The van der Waals surface area contributed by atoms with Crippen LogP contribution in [0, 0.1) is 0 Å². The molecule has 0 spiro atoms. The highest BCUT2D eigenvalue weighted by molar-refractivity contribution is 6.09. The summed E-state index contributed by atoms with van der Waals surface area (Å²) in [4.78, 5) is 23.7. The van der Waals surface area contributed by atoms with Gasteiger partial charge >= 0.3 is 11.9 Å². The summed E-state index contributed by atoms with van der Waals surface area (Å²) in [5.41, 5.74) is 1.28. The van der Waals surface area contributed by atoms with Crippen molar-refractivity contribution in [3.8, 4) is 5.75 Å². The van der Waals surface area contributed by atoms with Crippen LogP contribution in [0.5, 0.6) is 5.75 Å². The average Bonchev–Trinajstić information content (AvgIpc) is 3.28. The summed E-state index contributed by atoms with van der Waals surface area (Å²) in [6.07, 6.45) is 3.80. The highest BCUT2D eigenvalue weighted by Gasteiger charge is 2.29. The summed E-state index contributed by atoms with van der Waals surface area (Å²) in [5, 5.41) is 9.95. The third kappa shape index (κ3) is 2.76. The second kappa shape index (κ2) is 5.95. The molecule has 0 saturated heterocycles. The Hall–Kier alpha value is -2.50. The fourth-order valence-electron chi connectivity index (χ4n) is 2.76. The molecular weight excluding hydrogens is 298 g/mol. The number of carbonyl (C=O) groups is 2. The van der Waals surface area contributed by atoms with Gasteiger partial charge in [0.25, 0.3) is 0 Å². The molecule has 3 rings (SSSR count). The van der Waals surface area contributed by atoms with Gasteiger partial charge in [0.2, 0.25) is 0 Å². The molecule has 0 amide bonds. The van der Waals surface area contributed by atoms with Crippen molar-refractivity contribution in [2.24, 2.45) is 0 Å². The molecule has 0 atom stereocenters. The van der Waals surface area contributed by atoms with Gasteiger partial charge in [-0.1, -0.05) is 0 Å². The van der Waals surface area contributed by atoms with Crippen LogP contribution in [0.4, 0.5) is 0 Å². The quantitative estimate of drug-likeness (QED) is 0.827. The van der Waals surface area contributed by atoms with Gasteiger partial charge in [-0.05, 0) is 38.8 Å². The minimum atomic E-state index is -1.02. The average molecular weight is 317 g/mol. The van der Waals surface area contributed by atoms with Crippen molar-refractivity contribution in [3.63, 3.8) is 0 Å². The Balaban J connectivity index is 2.27. The summed E-state index contributed by atoms with van der Waals surface area (Å²) in [7, 11) is 0. The van der Waals surface area contributed by atoms with E-state index in [0.717, 1.165) is 12.8 Å². The minimum Gasteiger partial charge on any atom is -0.493 e. The number of hydrogen-bond acceptors (Lipinski definition) is 4. The monoisotopic (exact) mass is 317 g/mol. The normalized spacial score (nSPS) is 14.0. The molecule has 0 aliphatic heterocycles. The van der Waals surface area contributed by atoms with E-state index in [2.05, 4.69) is 0 Å². The Morgan fingerprint density at radius 2 is 2.00 bits per heavy atom. The van der Waals surface area contributed by atoms with E-state index in [9.17, 15) is 14.7 Å². The van der Waals surface area contributed by atoms with Crippen LogP contribution in [0.15, 0.2) is 18.3 Å². The van der Waals surface area contributed by atoms with E-state index >= 15 is 0 Å². The van der Waals surface area contributed by atoms with Gasteiger partial charge in [0.1, 0.15) is 5.75 Å². The lowest BCUT2D eigenvalue weighted by molar-refractivity contribution is 0.0527. The number of ether oxygens (including phenoxy) is 2. The maximum absolute atomic E-state index is 12.3. The maximum atomic E-state index is 12.3. The van der Waals surface area contributed by atoms with Gasteiger partial charge in [0.15, 0.2) is 0 Å². The first-order chi connectivity index (χ1) is 11.1. The zero-order chi connectivity index (χ0) is 16.6. The lowest BCUT2D eigenvalue weighted by atomic mass is 10.1. The van der Waals surface area contributed by atoms with Crippen molar-refractivity contribution in [3.05, 3.63) is 29.5 Å². The molecule has 0 unspecified atom stereocenters. The van der Waals surface area contributed by atoms with E-state index in [1.807, 2.05) is 11.5 Å². The number of rotatable bonds is 6. The summed E-state index contributed by atoms with van der Waals surface area (Å²) >= 11 is 0. The lowest BCUT2D eigenvalue weighted by Gasteiger charge is -2.09. The van der Waals surface area contributed by atoms with Crippen molar-refractivity contribution < 1.29 is 24.2 Å². The van der Waals surface area contributed by atoms with E-state index in [1.54, 1.807) is 19.2 Å². The molecule has 1 aromatic heterocycles. The van der Waals surface area contributed by atoms with Gasteiger partial charge in [-0.25, -0.2) is 9.59 Å². The molecule has 1 saturated carbocycles. The molecule has 1 fully saturated rings. The molecule has 1 heterocycles. The van der Waals surface area contributed by atoms with Gasteiger partial charge in [-0.3, -0.25) is 0 Å². The van der Waals surface area contributed by atoms with Crippen LogP contribution in [-0.4, -0.2) is 34.8 Å². The Morgan fingerprint density at radius 3 is 2.57 bits per heavy atom. The molecule has 2 aromatic rings. The first-order valence-electron chi connectivity index (χ1n) is 7.78. The predicted octanol–water partition coefficient (Wildman–Crippen LogP) is 3.25. The van der Waals surface area contributed by atoms with E-state index in [-0.39, 0.29) is 12.2 Å². The first-order valence-corrected chi connectivity index (χ1v) is 7.78. The molecule has 1 aliphatic carbocycles. The third-order valence-electron chi connectivity index (χ3n) is 3.88. The number of fused-ring (bicyclic) bond motifs is 1. The topological polar surface area (TPSA) is 77.8 Å².